The van der Waals surface area contributed by atoms with E-state index in [2.05, 4.69) is 18.8 Å². The van der Waals surface area contributed by atoms with Gasteiger partial charge in [0.25, 0.3) is 5.91 Å². The Balaban J connectivity index is 2.85. The zero-order valence-corrected chi connectivity index (χ0v) is 7.95. The molecule has 1 heterocycles. The molecule has 0 fully saturated rings. The standard InChI is InChI=1S/C10H14N2O/c1-7(2)5-8-3-4-12-9(6-8)10(11)13/h3-4,6-7H,5H2,1-2H3,(H2,11,13). The van der Waals surface area contributed by atoms with Gasteiger partial charge in [-0.25, -0.2) is 0 Å². The number of hydrogen-bond donors (Lipinski definition) is 1. The van der Waals surface area contributed by atoms with Crippen LogP contribution in [0, 0.1) is 5.92 Å². The lowest BCUT2D eigenvalue weighted by Gasteiger charge is -2.04. The van der Waals surface area contributed by atoms with Gasteiger partial charge < -0.3 is 5.73 Å². The normalized spacial score (nSPS) is 10.4. The number of primary amides is 1. The second-order valence-corrected chi connectivity index (χ2v) is 3.51. The Morgan fingerprint density at radius 2 is 2.31 bits per heavy atom. The molecule has 0 aromatic carbocycles. The number of amides is 1. The van der Waals surface area contributed by atoms with Gasteiger partial charge in [-0.1, -0.05) is 13.8 Å². The SMILES string of the molecule is CC(C)Cc1ccnc(C(N)=O)c1. The summed E-state index contributed by atoms with van der Waals surface area (Å²) in [6.07, 6.45) is 2.57. The van der Waals surface area contributed by atoms with Crippen LogP contribution in [0.4, 0.5) is 0 Å². The predicted octanol–water partition coefficient (Wildman–Crippen LogP) is 1.38. The first kappa shape index (κ1) is 9.71. The topological polar surface area (TPSA) is 56.0 Å². The van der Waals surface area contributed by atoms with E-state index in [0.717, 1.165) is 12.0 Å². The minimum Gasteiger partial charge on any atom is -0.364 e. The van der Waals surface area contributed by atoms with Gasteiger partial charge in [-0.05, 0) is 30.0 Å². The molecule has 0 aliphatic rings. The minimum atomic E-state index is -0.467. The van der Waals surface area contributed by atoms with Crippen molar-refractivity contribution in [3.05, 3.63) is 29.6 Å². The van der Waals surface area contributed by atoms with Crippen LogP contribution in [0.5, 0.6) is 0 Å². The van der Waals surface area contributed by atoms with Crippen molar-refractivity contribution in [1.82, 2.24) is 4.98 Å². The molecule has 2 N–H and O–H groups in total. The maximum atomic E-state index is 10.8. The largest absolute Gasteiger partial charge is 0.364 e. The van der Waals surface area contributed by atoms with Gasteiger partial charge in [0.05, 0.1) is 0 Å². The second-order valence-electron chi connectivity index (χ2n) is 3.51. The number of pyridine rings is 1. The lowest BCUT2D eigenvalue weighted by Crippen LogP contribution is -2.13. The fraction of sp³-hybridized carbons (Fsp3) is 0.400. The molecule has 1 rings (SSSR count). The van der Waals surface area contributed by atoms with E-state index in [1.165, 1.54) is 0 Å². The molecule has 0 radical (unpaired) electrons. The Kier molecular flexibility index (Phi) is 3.01. The number of nitrogens with two attached hydrogens (primary N) is 1. The van der Waals surface area contributed by atoms with Crippen LogP contribution in [-0.2, 0) is 6.42 Å². The highest BCUT2D eigenvalue weighted by molar-refractivity contribution is 5.90. The van der Waals surface area contributed by atoms with Crippen LogP contribution < -0.4 is 5.73 Å². The number of hydrogen-bond acceptors (Lipinski definition) is 2. The van der Waals surface area contributed by atoms with Crippen LogP contribution in [0.15, 0.2) is 18.3 Å². The molecule has 70 valence electrons. The zero-order valence-electron chi connectivity index (χ0n) is 7.95. The van der Waals surface area contributed by atoms with Gasteiger partial charge in [-0.2, -0.15) is 0 Å². The van der Waals surface area contributed by atoms with Crippen molar-refractivity contribution in [3.63, 3.8) is 0 Å². The summed E-state index contributed by atoms with van der Waals surface area (Å²) in [5.74, 6) is 0.105. The molecule has 1 aromatic rings. The van der Waals surface area contributed by atoms with Crippen LogP contribution in [0.3, 0.4) is 0 Å². The highest BCUT2D eigenvalue weighted by Gasteiger charge is 2.03. The molecule has 0 aliphatic carbocycles. The molecule has 0 bridgehead atoms. The molecule has 1 amide bonds. The Bertz CT molecular complexity index is 308. The van der Waals surface area contributed by atoms with Gasteiger partial charge in [0.1, 0.15) is 5.69 Å². The highest BCUT2D eigenvalue weighted by Crippen LogP contribution is 2.08. The van der Waals surface area contributed by atoms with Crippen molar-refractivity contribution in [2.75, 3.05) is 0 Å². The van der Waals surface area contributed by atoms with Crippen molar-refractivity contribution >= 4 is 5.91 Å². The number of carbonyl (C=O) groups is 1. The minimum absolute atomic E-state index is 0.346. The van der Waals surface area contributed by atoms with E-state index >= 15 is 0 Å². The number of rotatable bonds is 3. The van der Waals surface area contributed by atoms with Gasteiger partial charge in [0.2, 0.25) is 0 Å². The van der Waals surface area contributed by atoms with E-state index in [9.17, 15) is 4.79 Å². The fourth-order valence-corrected chi connectivity index (χ4v) is 1.21. The molecule has 0 spiro atoms. The van der Waals surface area contributed by atoms with Gasteiger partial charge in [0.15, 0.2) is 0 Å². The van der Waals surface area contributed by atoms with E-state index in [1.54, 1.807) is 12.3 Å². The maximum absolute atomic E-state index is 10.8. The molecule has 0 atom stereocenters. The number of carbonyl (C=O) groups excluding carboxylic acids is 1. The van der Waals surface area contributed by atoms with E-state index < -0.39 is 5.91 Å². The average molecular weight is 178 g/mol. The molecular formula is C10H14N2O. The summed E-state index contributed by atoms with van der Waals surface area (Å²) in [6.45, 7) is 4.26. The van der Waals surface area contributed by atoms with Crippen LogP contribution in [0.1, 0.15) is 29.9 Å². The van der Waals surface area contributed by atoms with Gasteiger partial charge in [0, 0.05) is 6.20 Å². The molecule has 3 heteroatoms. The van der Waals surface area contributed by atoms with E-state index in [0.29, 0.717) is 11.6 Å². The van der Waals surface area contributed by atoms with E-state index in [4.69, 9.17) is 5.73 Å². The van der Waals surface area contributed by atoms with Crippen molar-refractivity contribution < 1.29 is 4.79 Å². The summed E-state index contributed by atoms with van der Waals surface area (Å²) in [5, 5.41) is 0. The number of aromatic nitrogens is 1. The molecular weight excluding hydrogens is 164 g/mol. The first-order chi connectivity index (χ1) is 6.09. The summed E-state index contributed by atoms with van der Waals surface area (Å²) in [4.78, 5) is 14.7. The predicted molar refractivity (Wildman–Crippen MR) is 51.3 cm³/mol. The third-order valence-corrected chi connectivity index (χ3v) is 1.72. The lowest BCUT2D eigenvalue weighted by molar-refractivity contribution is 0.0995. The third-order valence-electron chi connectivity index (χ3n) is 1.72. The summed E-state index contributed by atoms with van der Waals surface area (Å²) >= 11 is 0. The van der Waals surface area contributed by atoms with Crippen LogP contribution >= 0.6 is 0 Å². The zero-order chi connectivity index (χ0) is 9.84. The number of nitrogens with zero attached hydrogens (tertiary/aromatic N) is 1. The maximum Gasteiger partial charge on any atom is 0.267 e. The van der Waals surface area contributed by atoms with Crippen LogP contribution in [0.2, 0.25) is 0 Å². The van der Waals surface area contributed by atoms with E-state index in [1.807, 2.05) is 6.07 Å². The fourth-order valence-electron chi connectivity index (χ4n) is 1.21. The monoisotopic (exact) mass is 178 g/mol. The Labute approximate surface area is 78.0 Å². The first-order valence-electron chi connectivity index (χ1n) is 4.34. The van der Waals surface area contributed by atoms with Crippen molar-refractivity contribution in [1.29, 1.82) is 0 Å². The van der Waals surface area contributed by atoms with Crippen molar-refractivity contribution in [3.8, 4) is 0 Å². The molecule has 0 unspecified atom stereocenters. The summed E-state index contributed by atoms with van der Waals surface area (Å²) < 4.78 is 0. The van der Waals surface area contributed by atoms with Gasteiger partial charge in [-0.15, -0.1) is 0 Å². The Morgan fingerprint density at radius 3 is 2.85 bits per heavy atom. The van der Waals surface area contributed by atoms with Crippen LogP contribution in [0.25, 0.3) is 0 Å². The third kappa shape index (κ3) is 2.86. The Hall–Kier alpha value is -1.38. The van der Waals surface area contributed by atoms with Crippen molar-refractivity contribution in [2.45, 2.75) is 20.3 Å². The molecule has 0 saturated carbocycles. The summed E-state index contributed by atoms with van der Waals surface area (Å²) in [7, 11) is 0. The van der Waals surface area contributed by atoms with Crippen LogP contribution in [-0.4, -0.2) is 10.9 Å². The van der Waals surface area contributed by atoms with Gasteiger partial charge in [-0.3, -0.25) is 9.78 Å². The highest BCUT2D eigenvalue weighted by atomic mass is 16.1. The average Bonchev–Trinajstić information content (AvgIpc) is 2.03. The van der Waals surface area contributed by atoms with Gasteiger partial charge >= 0.3 is 0 Å². The van der Waals surface area contributed by atoms with Crippen molar-refractivity contribution in [2.24, 2.45) is 11.7 Å². The molecule has 0 saturated heterocycles. The lowest BCUT2D eigenvalue weighted by atomic mass is 10.0. The molecule has 3 nitrogen and oxygen atoms in total. The quantitative estimate of drug-likeness (QED) is 0.760. The summed E-state index contributed by atoms with van der Waals surface area (Å²) in [5.41, 5.74) is 6.57. The first-order valence-corrected chi connectivity index (χ1v) is 4.34. The second kappa shape index (κ2) is 4.03. The molecule has 0 aliphatic heterocycles. The Morgan fingerprint density at radius 1 is 1.62 bits per heavy atom. The molecule has 1 aromatic heterocycles. The van der Waals surface area contributed by atoms with E-state index in [-0.39, 0.29) is 0 Å². The summed E-state index contributed by atoms with van der Waals surface area (Å²) in [6, 6.07) is 3.66. The molecule has 13 heavy (non-hydrogen) atoms. The smallest absolute Gasteiger partial charge is 0.267 e.